The number of nitrogens with one attached hydrogen (secondary N) is 1. The second-order valence-electron chi connectivity index (χ2n) is 4.67. The van der Waals surface area contributed by atoms with Gasteiger partial charge in [0, 0.05) is 12.7 Å². The van der Waals surface area contributed by atoms with Crippen LogP contribution < -0.4 is 4.72 Å². The van der Waals surface area contributed by atoms with Gasteiger partial charge in [-0.15, -0.1) is 0 Å². The third-order valence-electron chi connectivity index (χ3n) is 2.33. The molecule has 0 aliphatic heterocycles. The number of carbonyl (C=O) groups is 3. The number of hydrogen-bond acceptors (Lipinski definition) is 8. The molecule has 0 fully saturated rings. The van der Waals surface area contributed by atoms with Crippen LogP contribution in [-0.2, 0) is 33.9 Å². The van der Waals surface area contributed by atoms with Gasteiger partial charge < -0.3 is 9.47 Å². The van der Waals surface area contributed by atoms with E-state index < -0.39 is 40.5 Å². The third kappa shape index (κ3) is 10.9. The predicted octanol–water partition coefficient (Wildman–Crippen LogP) is 0.0924. The van der Waals surface area contributed by atoms with Gasteiger partial charge in [-0.1, -0.05) is 31.3 Å². The fourth-order valence-electron chi connectivity index (χ4n) is 1.20. The van der Waals surface area contributed by atoms with Crippen LogP contribution in [0, 0.1) is 5.92 Å². The number of hydrogen-bond donors (Lipinski definition) is 1. The molecule has 0 rings (SSSR count). The maximum absolute atomic E-state index is 11.9. The molecule has 0 aliphatic carbocycles. The molecule has 0 radical (unpaired) electrons. The zero-order valence-electron chi connectivity index (χ0n) is 13.2. The van der Waals surface area contributed by atoms with Crippen LogP contribution in [0.5, 0.6) is 0 Å². The summed E-state index contributed by atoms with van der Waals surface area (Å²) in [5.74, 6) is -2.06. The predicted molar refractivity (Wildman–Crippen MR) is 86.2 cm³/mol. The number of thioether (sulfide) groups is 1. The van der Waals surface area contributed by atoms with E-state index in [1.54, 1.807) is 0 Å². The van der Waals surface area contributed by atoms with Crippen molar-refractivity contribution in [2.24, 2.45) is 5.92 Å². The van der Waals surface area contributed by atoms with Crippen LogP contribution in [0.15, 0.2) is 12.7 Å². The van der Waals surface area contributed by atoms with Crippen molar-refractivity contribution in [1.82, 2.24) is 4.72 Å². The van der Waals surface area contributed by atoms with Gasteiger partial charge in [0.25, 0.3) is 0 Å². The van der Waals surface area contributed by atoms with Crippen LogP contribution in [0.3, 0.4) is 0 Å². The highest BCUT2D eigenvalue weighted by atomic mass is 32.2. The first-order valence-corrected chi connectivity index (χ1v) is 9.50. The minimum atomic E-state index is -3.57. The van der Waals surface area contributed by atoms with Gasteiger partial charge in [0.15, 0.2) is 5.12 Å². The molecule has 23 heavy (non-hydrogen) atoms. The molecule has 0 bridgehead atoms. The first-order valence-electron chi connectivity index (χ1n) is 6.62. The first-order chi connectivity index (χ1) is 10.6. The average Bonchev–Trinajstić information content (AvgIpc) is 2.45. The van der Waals surface area contributed by atoms with E-state index >= 15 is 0 Å². The Morgan fingerprint density at radius 1 is 1.30 bits per heavy atom. The van der Waals surface area contributed by atoms with E-state index in [0.29, 0.717) is 0 Å². The number of ether oxygens (including phenoxy) is 2. The zero-order valence-corrected chi connectivity index (χ0v) is 14.9. The minimum absolute atomic E-state index is 0.0957. The van der Waals surface area contributed by atoms with Gasteiger partial charge in [0.05, 0.1) is 18.7 Å². The minimum Gasteiger partial charge on any atom is -0.459 e. The molecule has 10 heteroatoms. The highest BCUT2D eigenvalue weighted by Gasteiger charge is 2.28. The van der Waals surface area contributed by atoms with Crippen molar-refractivity contribution < 1.29 is 32.3 Å². The van der Waals surface area contributed by atoms with E-state index in [1.807, 2.05) is 0 Å². The fourth-order valence-corrected chi connectivity index (χ4v) is 2.28. The van der Waals surface area contributed by atoms with Crippen LogP contribution in [0.25, 0.3) is 0 Å². The van der Waals surface area contributed by atoms with Gasteiger partial charge in [-0.3, -0.25) is 9.59 Å². The van der Waals surface area contributed by atoms with Crippen molar-refractivity contribution in [2.45, 2.75) is 20.0 Å². The van der Waals surface area contributed by atoms with E-state index in [9.17, 15) is 22.8 Å². The van der Waals surface area contributed by atoms with E-state index in [0.717, 1.165) is 18.0 Å². The van der Waals surface area contributed by atoms with Crippen molar-refractivity contribution in [3.8, 4) is 0 Å². The van der Waals surface area contributed by atoms with Gasteiger partial charge >= 0.3 is 11.9 Å². The molecule has 0 amide bonds. The van der Waals surface area contributed by atoms with Crippen LogP contribution in [-0.4, -0.2) is 56.7 Å². The Morgan fingerprint density at radius 3 is 2.39 bits per heavy atom. The number of sulfonamides is 1. The van der Waals surface area contributed by atoms with Crippen molar-refractivity contribution in [2.75, 3.05) is 25.2 Å². The lowest BCUT2D eigenvalue weighted by atomic mass is 10.2. The van der Waals surface area contributed by atoms with Crippen molar-refractivity contribution in [3.63, 3.8) is 0 Å². The Bertz CT molecular complexity index is 545. The highest BCUT2D eigenvalue weighted by molar-refractivity contribution is 8.13. The van der Waals surface area contributed by atoms with Gasteiger partial charge in [0.2, 0.25) is 16.1 Å². The Labute approximate surface area is 140 Å². The number of rotatable bonds is 10. The van der Waals surface area contributed by atoms with Crippen LogP contribution in [0.4, 0.5) is 0 Å². The SMILES string of the molecule is C=CCOC(=O)[C@H](CNS(C)(=O)=O)OC(=O)[C@H](C)CSC(C)=O. The summed E-state index contributed by atoms with van der Waals surface area (Å²) in [5, 5.41) is -0.148. The normalized spacial score (nSPS) is 13.7. The first kappa shape index (κ1) is 21.6. The van der Waals surface area contributed by atoms with Gasteiger partial charge in [-0.25, -0.2) is 17.9 Å². The molecule has 1 N–H and O–H groups in total. The van der Waals surface area contributed by atoms with Crippen molar-refractivity contribution in [3.05, 3.63) is 12.7 Å². The maximum Gasteiger partial charge on any atom is 0.349 e. The molecule has 0 aromatic carbocycles. The average molecular weight is 367 g/mol. The molecular weight excluding hydrogens is 346 g/mol. The Hall–Kier alpha value is -1.39. The summed E-state index contributed by atoms with van der Waals surface area (Å²) >= 11 is 0.954. The van der Waals surface area contributed by atoms with E-state index in [-0.39, 0.29) is 17.5 Å². The molecule has 132 valence electrons. The third-order valence-corrected chi connectivity index (χ3v) is 4.10. The summed E-state index contributed by atoms with van der Waals surface area (Å²) in [6.45, 7) is 5.75. The Balaban J connectivity index is 4.77. The van der Waals surface area contributed by atoms with Crippen molar-refractivity contribution in [1.29, 1.82) is 0 Å². The van der Waals surface area contributed by atoms with E-state index in [4.69, 9.17) is 9.47 Å². The molecule has 0 aliphatic rings. The summed E-state index contributed by atoms with van der Waals surface area (Å²) in [7, 11) is -3.57. The number of esters is 2. The van der Waals surface area contributed by atoms with Gasteiger partial charge in [0.1, 0.15) is 6.61 Å². The lowest BCUT2D eigenvalue weighted by Crippen LogP contribution is -2.41. The lowest BCUT2D eigenvalue weighted by molar-refractivity contribution is -0.168. The monoisotopic (exact) mass is 367 g/mol. The number of carbonyl (C=O) groups excluding carboxylic acids is 3. The summed E-state index contributed by atoms with van der Waals surface area (Å²) < 4.78 is 34.1. The molecule has 0 heterocycles. The molecule has 0 spiro atoms. The topological polar surface area (TPSA) is 116 Å². The van der Waals surface area contributed by atoms with E-state index in [1.165, 1.54) is 19.9 Å². The van der Waals surface area contributed by atoms with Crippen LogP contribution in [0.2, 0.25) is 0 Å². The fraction of sp³-hybridized carbons (Fsp3) is 0.615. The second-order valence-corrected chi connectivity index (χ2v) is 7.70. The van der Waals surface area contributed by atoms with E-state index in [2.05, 4.69) is 11.3 Å². The summed E-state index contributed by atoms with van der Waals surface area (Å²) in [4.78, 5) is 34.6. The largest absolute Gasteiger partial charge is 0.459 e. The summed E-state index contributed by atoms with van der Waals surface area (Å²) in [5.41, 5.74) is 0. The molecule has 0 aromatic rings. The smallest absolute Gasteiger partial charge is 0.349 e. The zero-order chi connectivity index (χ0) is 18.0. The van der Waals surface area contributed by atoms with Gasteiger partial charge in [-0.05, 0) is 0 Å². The standard InChI is InChI=1S/C13H21NO7S2/c1-5-6-20-13(17)11(7-14-23(4,18)19)21-12(16)9(2)8-22-10(3)15/h5,9,11,14H,1,6-8H2,2-4H3/t9-,11+/m1/s1. The maximum atomic E-state index is 11.9. The molecular formula is C13H21NO7S2. The molecule has 2 atom stereocenters. The molecule has 8 nitrogen and oxygen atoms in total. The molecule has 0 saturated carbocycles. The quantitative estimate of drug-likeness (QED) is 0.427. The van der Waals surface area contributed by atoms with Crippen LogP contribution >= 0.6 is 11.8 Å². The highest BCUT2D eigenvalue weighted by Crippen LogP contribution is 2.12. The molecule has 0 aromatic heterocycles. The Morgan fingerprint density at radius 2 is 1.91 bits per heavy atom. The van der Waals surface area contributed by atoms with Crippen LogP contribution in [0.1, 0.15) is 13.8 Å². The Kier molecular flexibility index (Phi) is 9.77. The lowest BCUT2D eigenvalue weighted by Gasteiger charge is -2.18. The summed E-state index contributed by atoms with van der Waals surface area (Å²) in [6, 6.07) is 0. The molecule has 0 saturated heterocycles. The van der Waals surface area contributed by atoms with Crippen molar-refractivity contribution >= 4 is 38.8 Å². The second kappa shape index (κ2) is 10.4. The molecule has 0 unspecified atom stereocenters. The summed E-state index contributed by atoms with van der Waals surface area (Å²) in [6.07, 6.45) is 0.821. The van der Waals surface area contributed by atoms with Gasteiger partial charge in [-0.2, -0.15) is 0 Å².